The normalized spacial score (nSPS) is 13.2. The van der Waals surface area contributed by atoms with Crippen molar-refractivity contribution >= 4 is 5.91 Å². The quantitative estimate of drug-likeness (QED) is 0.745. The van der Waals surface area contributed by atoms with Gasteiger partial charge in [-0.2, -0.15) is 0 Å². The number of aromatic nitrogens is 3. The summed E-state index contributed by atoms with van der Waals surface area (Å²) in [6, 6.07) is 8.74. The van der Waals surface area contributed by atoms with Crippen molar-refractivity contribution in [3.8, 4) is 5.82 Å². The summed E-state index contributed by atoms with van der Waals surface area (Å²) >= 11 is 0. The molecule has 2 heterocycles. The molecule has 0 aliphatic heterocycles. The predicted molar refractivity (Wildman–Crippen MR) is 89.7 cm³/mol. The standard InChI is InChI=1S/C18H17FN4O2/c1-18(25,14-2-4-15(19)5-3-14)11-22-17(24)13-6-7-21-16(10-13)23-9-8-20-12-23/h2-10,12,25H,11H2,1H3,(H,22,24). The van der Waals surface area contributed by atoms with E-state index in [1.165, 1.54) is 30.5 Å². The van der Waals surface area contributed by atoms with Crippen molar-refractivity contribution in [1.82, 2.24) is 19.9 Å². The topological polar surface area (TPSA) is 80.0 Å². The molecule has 7 heteroatoms. The second-order valence-corrected chi connectivity index (χ2v) is 5.84. The van der Waals surface area contributed by atoms with E-state index < -0.39 is 5.60 Å². The summed E-state index contributed by atoms with van der Waals surface area (Å²) in [5.74, 6) is -0.158. The van der Waals surface area contributed by atoms with Crippen molar-refractivity contribution < 1.29 is 14.3 Å². The molecule has 0 bridgehead atoms. The number of nitrogens with zero attached hydrogens (tertiary/aromatic N) is 3. The Bertz CT molecular complexity index is 861. The van der Waals surface area contributed by atoms with Gasteiger partial charge in [0.1, 0.15) is 23.6 Å². The van der Waals surface area contributed by atoms with Crippen molar-refractivity contribution in [2.24, 2.45) is 0 Å². The van der Waals surface area contributed by atoms with Gasteiger partial charge >= 0.3 is 0 Å². The van der Waals surface area contributed by atoms with Crippen LogP contribution >= 0.6 is 0 Å². The van der Waals surface area contributed by atoms with Crippen molar-refractivity contribution in [3.05, 3.63) is 78.3 Å². The first-order valence-electron chi connectivity index (χ1n) is 7.67. The number of carbonyl (C=O) groups excluding carboxylic acids is 1. The van der Waals surface area contributed by atoms with Crippen LogP contribution in [-0.4, -0.2) is 32.1 Å². The molecule has 0 fully saturated rings. The Hall–Kier alpha value is -3.06. The van der Waals surface area contributed by atoms with Crippen molar-refractivity contribution in [1.29, 1.82) is 0 Å². The van der Waals surface area contributed by atoms with E-state index in [0.29, 0.717) is 16.9 Å². The van der Waals surface area contributed by atoms with E-state index in [-0.39, 0.29) is 18.3 Å². The lowest BCUT2D eigenvalue weighted by Gasteiger charge is -2.24. The summed E-state index contributed by atoms with van der Waals surface area (Å²) in [5, 5.41) is 13.2. The molecule has 0 saturated heterocycles. The van der Waals surface area contributed by atoms with Crippen LogP contribution in [0.4, 0.5) is 4.39 Å². The lowest BCUT2D eigenvalue weighted by atomic mass is 9.96. The lowest BCUT2D eigenvalue weighted by molar-refractivity contribution is 0.0526. The van der Waals surface area contributed by atoms with Crippen molar-refractivity contribution in [3.63, 3.8) is 0 Å². The zero-order valence-corrected chi connectivity index (χ0v) is 13.6. The highest BCUT2D eigenvalue weighted by molar-refractivity contribution is 5.94. The zero-order chi connectivity index (χ0) is 17.9. The Balaban J connectivity index is 1.70. The molecular formula is C18H17FN4O2. The molecule has 0 aliphatic rings. The Morgan fingerprint density at radius 1 is 1.28 bits per heavy atom. The molecule has 3 aromatic rings. The summed E-state index contributed by atoms with van der Waals surface area (Å²) in [4.78, 5) is 20.5. The number of nitrogens with one attached hydrogen (secondary N) is 1. The Kier molecular flexibility index (Phi) is 4.58. The van der Waals surface area contributed by atoms with Crippen LogP contribution in [0, 0.1) is 5.82 Å². The summed E-state index contributed by atoms with van der Waals surface area (Å²) in [6.45, 7) is 1.55. The van der Waals surface area contributed by atoms with Crippen molar-refractivity contribution in [2.75, 3.05) is 6.54 Å². The first-order chi connectivity index (χ1) is 12.0. The van der Waals surface area contributed by atoms with Gasteiger partial charge in [-0.05, 0) is 36.8 Å². The van der Waals surface area contributed by atoms with Crippen LogP contribution in [0.2, 0.25) is 0 Å². The number of hydrogen-bond acceptors (Lipinski definition) is 4. The maximum absolute atomic E-state index is 13.0. The van der Waals surface area contributed by atoms with E-state index in [9.17, 15) is 14.3 Å². The maximum Gasteiger partial charge on any atom is 0.251 e. The Labute approximate surface area is 144 Å². The third kappa shape index (κ3) is 3.89. The molecule has 6 nitrogen and oxygen atoms in total. The van der Waals surface area contributed by atoms with Crippen LogP contribution in [-0.2, 0) is 5.60 Å². The molecular weight excluding hydrogens is 323 g/mol. The highest BCUT2D eigenvalue weighted by Gasteiger charge is 2.24. The second-order valence-electron chi connectivity index (χ2n) is 5.84. The molecule has 25 heavy (non-hydrogen) atoms. The molecule has 1 amide bonds. The van der Waals surface area contributed by atoms with Crippen LogP contribution in [0.3, 0.4) is 0 Å². The molecule has 2 N–H and O–H groups in total. The number of halogens is 1. The largest absolute Gasteiger partial charge is 0.384 e. The number of rotatable bonds is 5. The monoisotopic (exact) mass is 340 g/mol. The molecule has 1 unspecified atom stereocenters. The van der Waals surface area contributed by atoms with Gasteiger partial charge in [-0.1, -0.05) is 12.1 Å². The Morgan fingerprint density at radius 3 is 2.72 bits per heavy atom. The molecule has 128 valence electrons. The minimum atomic E-state index is -1.32. The average Bonchev–Trinajstić information content (AvgIpc) is 3.15. The SMILES string of the molecule is CC(O)(CNC(=O)c1ccnc(-n2ccnc2)c1)c1ccc(F)cc1. The van der Waals surface area contributed by atoms with Crippen LogP contribution in [0.5, 0.6) is 0 Å². The molecule has 0 aliphatic carbocycles. The molecule has 0 saturated carbocycles. The number of aliphatic hydroxyl groups is 1. The van der Waals surface area contributed by atoms with E-state index in [1.54, 1.807) is 42.3 Å². The molecule has 3 rings (SSSR count). The van der Waals surface area contributed by atoms with Gasteiger partial charge in [0.05, 0.1) is 6.54 Å². The average molecular weight is 340 g/mol. The van der Waals surface area contributed by atoms with E-state index in [2.05, 4.69) is 15.3 Å². The number of imidazole rings is 1. The van der Waals surface area contributed by atoms with Crippen LogP contribution in [0.25, 0.3) is 5.82 Å². The fourth-order valence-corrected chi connectivity index (χ4v) is 2.36. The maximum atomic E-state index is 13.0. The van der Waals surface area contributed by atoms with Gasteiger partial charge in [0.2, 0.25) is 0 Å². The summed E-state index contributed by atoms with van der Waals surface area (Å²) < 4.78 is 14.7. The summed E-state index contributed by atoms with van der Waals surface area (Å²) in [6.07, 6.45) is 6.46. The van der Waals surface area contributed by atoms with Crippen molar-refractivity contribution in [2.45, 2.75) is 12.5 Å². The molecule has 1 aromatic carbocycles. The summed E-state index contributed by atoms with van der Waals surface area (Å²) in [5.41, 5.74) is -0.388. The second kappa shape index (κ2) is 6.82. The van der Waals surface area contributed by atoms with Gasteiger partial charge in [-0.15, -0.1) is 0 Å². The molecule has 1 atom stereocenters. The summed E-state index contributed by atoms with van der Waals surface area (Å²) in [7, 11) is 0. The third-order valence-corrected chi connectivity index (χ3v) is 3.84. The van der Waals surface area contributed by atoms with Gasteiger partial charge < -0.3 is 10.4 Å². The lowest BCUT2D eigenvalue weighted by Crippen LogP contribution is -2.38. The molecule has 2 aromatic heterocycles. The first kappa shape index (κ1) is 16.8. The number of amides is 1. The van der Waals surface area contributed by atoms with Crippen LogP contribution in [0.15, 0.2) is 61.3 Å². The smallest absolute Gasteiger partial charge is 0.251 e. The number of benzene rings is 1. The van der Waals surface area contributed by atoms with E-state index in [4.69, 9.17) is 0 Å². The van der Waals surface area contributed by atoms with E-state index in [0.717, 1.165) is 0 Å². The first-order valence-corrected chi connectivity index (χ1v) is 7.67. The fraction of sp³-hybridized carbons (Fsp3) is 0.167. The predicted octanol–water partition coefficient (Wildman–Crippen LogP) is 2.04. The minimum absolute atomic E-state index is 0.0137. The number of pyridine rings is 1. The van der Waals surface area contributed by atoms with Gasteiger partial charge in [0, 0.05) is 24.2 Å². The van der Waals surface area contributed by atoms with E-state index >= 15 is 0 Å². The fourth-order valence-electron chi connectivity index (χ4n) is 2.36. The zero-order valence-electron chi connectivity index (χ0n) is 13.6. The van der Waals surface area contributed by atoms with Gasteiger partial charge in [0.15, 0.2) is 0 Å². The van der Waals surface area contributed by atoms with Crippen LogP contribution < -0.4 is 5.32 Å². The highest BCUT2D eigenvalue weighted by atomic mass is 19.1. The van der Waals surface area contributed by atoms with Gasteiger partial charge in [-0.3, -0.25) is 9.36 Å². The number of carbonyl (C=O) groups is 1. The molecule has 0 radical (unpaired) electrons. The minimum Gasteiger partial charge on any atom is -0.384 e. The molecule has 0 spiro atoms. The van der Waals surface area contributed by atoms with E-state index in [1.807, 2.05) is 0 Å². The van der Waals surface area contributed by atoms with Gasteiger partial charge in [-0.25, -0.2) is 14.4 Å². The Morgan fingerprint density at radius 2 is 2.04 bits per heavy atom. The highest BCUT2D eigenvalue weighted by Crippen LogP contribution is 2.20. The van der Waals surface area contributed by atoms with Gasteiger partial charge in [0.25, 0.3) is 5.91 Å². The van der Waals surface area contributed by atoms with Crippen LogP contribution in [0.1, 0.15) is 22.8 Å². The third-order valence-electron chi connectivity index (χ3n) is 3.84. The number of hydrogen-bond donors (Lipinski definition) is 2.